The van der Waals surface area contributed by atoms with Gasteiger partial charge in [0.15, 0.2) is 0 Å². The van der Waals surface area contributed by atoms with Crippen molar-refractivity contribution < 1.29 is 0 Å². The Balaban J connectivity index is 0.000000124. The van der Waals surface area contributed by atoms with Crippen molar-refractivity contribution in [1.82, 2.24) is 0 Å². The quantitative estimate of drug-likeness (QED) is 0.139. The van der Waals surface area contributed by atoms with Crippen LogP contribution in [0.3, 0.4) is 0 Å². The minimum Gasteiger partial charge on any atom is -0.354 e. The molecule has 0 bridgehead atoms. The fourth-order valence-corrected chi connectivity index (χ4v) is 17.7. The highest BCUT2D eigenvalue weighted by molar-refractivity contribution is 9.10. The van der Waals surface area contributed by atoms with Gasteiger partial charge >= 0.3 is 0 Å². The SMILES string of the molecule is Brc1cccc(-c2cccc3ccc(-c4ccccc4)cc23)c1.c1ccc(-c2ccc3cccc(-c4cccc(N(c5ccc(-c6cccc7ccccc67)cc5)c5cccc6c5sc5ccccc56)c4)c3c2)cc1.c1ccc2c(-c3ccc(Nc4cccc5c4sc4ccccc45)cc3)cccc2c1. The lowest BCUT2D eigenvalue weighted by Crippen LogP contribution is -2.10. The van der Waals surface area contributed by atoms with Crippen LogP contribution in [0.4, 0.5) is 28.4 Å². The molecule has 18 aromatic carbocycles. The molecule has 0 amide bonds. The van der Waals surface area contributed by atoms with Gasteiger partial charge in [-0.15, -0.1) is 22.7 Å². The molecule has 2 heterocycles. The van der Waals surface area contributed by atoms with Gasteiger partial charge in [-0.2, -0.15) is 0 Å². The molecular weight excluding hydrogens is 1370 g/mol. The average Bonchev–Trinajstić information content (AvgIpc) is 1.66. The molecule has 105 heavy (non-hydrogen) atoms. The molecule has 1 N–H and O–H groups in total. The van der Waals surface area contributed by atoms with Gasteiger partial charge in [0.1, 0.15) is 0 Å². The molecule has 0 atom stereocenters. The predicted octanol–water partition coefficient (Wildman–Crippen LogP) is 30.4. The van der Waals surface area contributed by atoms with Crippen molar-refractivity contribution in [3.05, 3.63) is 405 Å². The summed E-state index contributed by atoms with van der Waals surface area (Å²) in [6.07, 6.45) is 0. The maximum Gasteiger partial charge on any atom is 0.0640 e. The normalized spacial score (nSPS) is 11.3. The van der Waals surface area contributed by atoms with Crippen LogP contribution in [0.1, 0.15) is 0 Å². The molecule has 0 aliphatic rings. The molecule has 20 aromatic rings. The van der Waals surface area contributed by atoms with E-state index in [0.29, 0.717) is 0 Å². The minimum atomic E-state index is 1.10. The Bertz CT molecular complexity index is 6570. The maximum absolute atomic E-state index is 3.63. The number of nitrogens with zero attached hydrogens (tertiary/aromatic N) is 1. The molecule has 0 saturated carbocycles. The summed E-state index contributed by atoms with van der Waals surface area (Å²) < 4.78 is 6.32. The fourth-order valence-electron chi connectivity index (χ4n) is 15.0. The third-order valence-corrected chi connectivity index (χ3v) is 23.0. The van der Waals surface area contributed by atoms with Crippen LogP contribution in [-0.2, 0) is 0 Å². The van der Waals surface area contributed by atoms with Crippen molar-refractivity contribution in [3.63, 3.8) is 0 Å². The van der Waals surface area contributed by atoms with Crippen LogP contribution in [0.25, 0.3) is 150 Å². The third-order valence-electron chi connectivity index (χ3n) is 20.0. The van der Waals surface area contributed by atoms with Crippen molar-refractivity contribution >= 4 is 150 Å². The lowest BCUT2D eigenvalue weighted by molar-refractivity contribution is 1.30. The first-order valence-electron chi connectivity index (χ1n) is 35.5. The molecule has 0 saturated heterocycles. The zero-order valence-corrected chi connectivity index (χ0v) is 60.5. The van der Waals surface area contributed by atoms with Crippen LogP contribution in [-0.4, -0.2) is 0 Å². The number of rotatable bonds is 11. The van der Waals surface area contributed by atoms with E-state index in [-0.39, 0.29) is 0 Å². The van der Waals surface area contributed by atoms with Crippen LogP contribution in [0.5, 0.6) is 0 Å². The molecule has 0 radical (unpaired) electrons. The van der Waals surface area contributed by atoms with E-state index >= 15 is 0 Å². The van der Waals surface area contributed by atoms with Gasteiger partial charge in [-0.1, -0.05) is 331 Å². The molecule has 5 heteroatoms. The van der Waals surface area contributed by atoms with Gasteiger partial charge in [0.05, 0.1) is 20.8 Å². The number of thiophene rings is 2. The fraction of sp³-hybridized carbons (Fsp3) is 0. The van der Waals surface area contributed by atoms with E-state index < -0.39 is 0 Å². The van der Waals surface area contributed by atoms with Gasteiger partial charge in [-0.05, 0) is 195 Å². The van der Waals surface area contributed by atoms with E-state index in [1.54, 1.807) is 0 Å². The topological polar surface area (TPSA) is 15.3 Å². The van der Waals surface area contributed by atoms with Gasteiger partial charge in [0.2, 0.25) is 0 Å². The van der Waals surface area contributed by atoms with E-state index in [4.69, 9.17) is 0 Å². The Hall–Kier alpha value is -12.5. The number of halogens is 1. The second-order valence-electron chi connectivity index (χ2n) is 26.4. The molecule has 0 aliphatic carbocycles. The van der Waals surface area contributed by atoms with Crippen LogP contribution >= 0.6 is 38.6 Å². The smallest absolute Gasteiger partial charge is 0.0640 e. The van der Waals surface area contributed by atoms with Gasteiger partial charge in [-0.25, -0.2) is 0 Å². The number of nitrogens with one attached hydrogen (secondary N) is 1. The summed E-state index contributed by atoms with van der Waals surface area (Å²) in [4.78, 5) is 2.44. The van der Waals surface area contributed by atoms with Crippen LogP contribution < -0.4 is 10.2 Å². The monoisotopic (exact) mass is 1440 g/mol. The van der Waals surface area contributed by atoms with E-state index in [0.717, 1.165) is 27.2 Å². The zero-order chi connectivity index (χ0) is 70.0. The summed E-state index contributed by atoms with van der Waals surface area (Å²) in [7, 11) is 0. The van der Waals surface area contributed by atoms with Gasteiger partial charge in [0.25, 0.3) is 0 Å². The summed E-state index contributed by atoms with van der Waals surface area (Å²) in [5.74, 6) is 0. The summed E-state index contributed by atoms with van der Waals surface area (Å²) in [5, 5.41) is 19.0. The number of anilines is 5. The van der Waals surface area contributed by atoms with Gasteiger partial charge in [0, 0.05) is 52.5 Å². The van der Waals surface area contributed by atoms with E-state index in [1.807, 2.05) is 22.7 Å². The first-order chi connectivity index (χ1) is 52.0. The molecule has 496 valence electrons. The first kappa shape index (κ1) is 64.6. The summed E-state index contributed by atoms with van der Waals surface area (Å²) in [6, 6.07) is 144. The second-order valence-corrected chi connectivity index (χ2v) is 29.5. The molecule has 20 rings (SSSR count). The predicted molar refractivity (Wildman–Crippen MR) is 460 cm³/mol. The number of benzene rings is 18. The van der Waals surface area contributed by atoms with Crippen molar-refractivity contribution in [2.75, 3.05) is 10.2 Å². The Morgan fingerprint density at radius 2 is 0.619 bits per heavy atom. The van der Waals surface area contributed by atoms with E-state index in [1.165, 1.54) is 156 Å². The van der Waals surface area contributed by atoms with Crippen molar-refractivity contribution in [1.29, 1.82) is 0 Å². The highest BCUT2D eigenvalue weighted by Gasteiger charge is 2.21. The Morgan fingerprint density at radius 3 is 1.17 bits per heavy atom. The summed E-state index contributed by atoms with van der Waals surface area (Å²) >= 11 is 7.29. The van der Waals surface area contributed by atoms with Crippen molar-refractivity contribution in [2.24, 2.45) is 0 Å². The largest absolute Gasteiger partial charge is 0.354 e. The summed E-state index contributed by atoms with van der Waals surface area (Å²) in [6.45, 7) is 0. The van der Waals surface area contributed by atoms with Crippen LogP contribution in [0.15, 0.2) is 405 Å². The zero-order valence-electron chi connectivity index (χ0n) is 57.2. The molecule has 2 aromatic heterocycles. The minimum absolute atomic E-state index is 1.10. The Labute approximate surface area is 627 Å². The summed E-state index contributed by atoms with van der Waals surface area (Å²) in [5.41, 5.74) is 20.5. The average molecular weight is 1440 g/mol. The van der Waals surface area contributed by atoms with Crippen LogP contribution in [0, 0.1) is 0 Å². The highest BCUT2D eigenvalue weighted by atomic mass is 79.9. The molecule has 0 unspecified atom stereocenters. The number of hydrogen-bond donors (Lipinski definition) is 1. The lowest BCUT2D eigenvalue weighted by atomic mass is 9.94. The van der Waals surface area contributed by atoms with Crippen molar-refractivity contribution in [2.45, 2.75) is 0 Å². The Morgan fingerprint density at radius 1 is 0.229 bits per heavy atom. The van der Waals surface area contributed by atoms with E-state index in [2.05, 4.69) is 427 Å². The number of hydrogen-bond acceptors (Lipinski definition) is 4. The molecule has 2 nitrogen and oxygen atoms in total. The van der Waals surface area contributed by atoms with Gasteiger partial charge < -0.3 is 10.2 Å². The first-order valence-corrected chi connectivity index (χ1v) is 38.0. The molecule has 0 spiro atoms. The van der Waals surface area contributed by atoms with Gasteiger partial charge in [-0.3, -0.25) is 0 Å². The standard InChI is InChI=1S/C50H33NS.C28H19NS.C22H15Br/c1-2-12-34(13-3-1)38-27-26-36-16-10-22-44(47(36)33-38)39-17-8-18-41(32-39)51(48-24-11-23-46-45-20-6-7-25-49(45)52-50(46)48)40-30-28-37(29-31-40)43-21-9-15-35-14-4-5-19-42(35)43;1-2-9-22-19(7-1)8-5-11-23(22)20-15-17-21(18-16-20)29-26-13-6-12-25-24-10-3-4-14-27(24)30-28(25)26;23-20-10-4-9-19(14-20)21-11-5-8-17-12-13-18(15-22(17)21)16-6-2-1-3-7-16/h1-33H;1-18,29H;1-15H. The second kappa shape index (κ2) is 28.7. The van der Waals surface area contributed by atoms with Crippen LogP contribution in [0.2, 0.25) is 0 Å². The maximum atomic E-state index is 3.63. The number of fused-ring (bicyclic) bond motifs is 10. The molecule has 0 aliphatic heterocycles. The Kier molecular flexibility index (Phi) is 17.7. The lowest BCUT2D eigenvalue weighted by Gasteiger charge is -2.27. The highest BCUT2D eigenvalue weighted by Crippen LogP contribution is 2.47. The third kappa shape index (κ3) is 13.0. The van der Waals surface area contributed by atoms with E-state index in [9.17, 15) is 0 Å². The molecule has 0 fully saturated rings. The molecular formula is C100H67BrN2S2. The van der Waals surface area contributed by atoms with Crippen molar-refractivity contribution in [3.8, 4) is 66.8 Å².